The van der Waals surface area contributed by atoms with Gasteiger partial charge in [0.25, 0.3) is 0 Å². The molecule has 0 aliphatic carbocycles. The van der Waals surface area contributed by atoms with Crippen LogP contribution >= 0.6 is 0 Å². The number of nitrogens with zero attached hydrogens (tertiary/aromatic N) is 3. The number of aromatic nitrogens is 2. The van der Waals surface area contributed by atoms with E-state index in [1.807, 2.05) is 19.1 Å². The first-order chi connectivity index (χ1) is 11.5. The predicted octanol–water partition coefficient (Wildman–Crippen LogP) is 2.62. The van der Waals surface area contributed by atoms with Crippen molar-refractivity contribution in [2.75, 3.05) is 19.7 Å². The predicted molar refractivity (Wildman–Crippen MR) is 96.4 cm³/mol. The third-order valence-electron chi connectivity index (χ3n) is 4.46. The van der Waals surface area contributed by atoms with Crippen LogP contribution in [0.15, 0.2) is 30.5 Å². The highest BCUT2D eigenvalue weighted by Crippen LogP contribution is 2.19. The van der Waals surface area contributed by atoms with Gasteiger partial charge in [0.1, 0.15) is 5.82 Å². The van der Waals surface area contributed by atoms with E-state index in [2.05, 4.69) is 47.4 Å². The zero-order chi connectivity index (χ0) is 17.7. The summed E-state index contributed by atoms with van der Waals surface area (Å²) in [5, 5.41) is 19.9. The molecule has 0 bridgehead atoms. The topological polar surface area (TPSA) is 61.5 Å². The van der Waals surface area contributed by atoms with E-state index in [0.717, 1.165) is 35.7 Å². The van der Waals surface area contributed by atoms with Crippen molar-refractivity contribution in [1.82, 2.24) is 14.5 Å². The van der Waals surface area contributed by atoms with Gasteiger partial charge in [-0.25, -0.2) is 4.98 Å². The lowest BCUT2D eigenvalue weighted by atomic mass is 10.1. The summed E-state index contributed by atoms with van der Waals surface area (Å²) in [6.07, 6.45) is 2.12. The molecule has 2 rings (SSSR count). The second kappa shape index (κ2) is 8.42. The van der Waals surface area contributed by atoms with E-state index in [1.165, 1.54) is 0 Å². The van der Waals surface area contributed by atoms with Crippen molar-refractivity contribution in [3.05, 3.63) is 47.4 Å². The molecule has 0 saturated heterocycles. The summed E-state index contributed by atoms with van der Waals surface area (Å²) in [6, 6.07) is 8.05. The first-order valence-corrected chi connectivity index (χ1v) is 8.62. The third-order valence-corrected chi connectivity index (χ3v) is 4.46. The van der Waals surface area contributed by atoms with Gasteiger partial charge in [-0.3, -0.25) is 4.90 Å². The number of aryl methyl sites for hydroxylation is 2. The molecular formula is C19H29N3O2. The van der Waals surface area contributed by atoms with Crippen LogP contribution in [-0.4, -0.2) is 50.4 Å². The number of hydrogen-bond acceptors (Lipinski definition) is 4. The van der Waals surface area contributed by atoms with Crippen LogP contribution in [0.4, 0.5) is 0 Å². The molecule has 132 valence electrons. The monoisotopic (exact) mass is 331 g/mol. The van der Waals surface area contributed by atoms with Crippen molar-refractivity contribution < 1.29 is 10.2 Å². The first-order valence-electron chi connectivity index (χ1n) is 8.62. The highest BCUT2D eigenvalue weighted by molar-refractivity contribution is 5.33. The molecule has 1 unspecified atom stereocenters. The molecule has 0 amide bonds. The van der Waals surface area contributed by atoms with Gasteiger partial charge in [-0.15, -0.1) is 0 Å². The van der Waals surface area contributed by atoms with Crippen molar-refractivity contribution in [2.45, 2.75) is 46.3 Å². The molecule has 24 heavy (non-hydrogen) atoms. The summed E-state index contributed by atoms with van der Waals surface area (Å²) >= 11 is 0. The zero-order valence-corrected chi connectivity index (χ0v) is 15.1. The van der Waals surface area contributed by atoms with Crippen molar-refractivity contribution in [3.8, 4) is 5.82 Å². The average Bonchev–Trinajstić information content (AvgIpc) is 2.92. The van der Waals surface area contributed by atoms with E-state index in [4.69, 9.17) is 0 Å². The van der Waals surface area contributed by atoms with Crippen LogP contribution in [0.5, 0.6) is 0 Å². The molecule has 5 heteroatoms. The largest absolute Gasteiger partial charge is 0.395 e. The minimum absolute atomic E-state index is 0.0389. The standard InChI is InChI=1S/C19H29N3O2/c1-5-10-21(16(4)13-23)12-18(24)17-8-9-19(20-11-17)22-14(2)6-7-15(22)3/h6-9,11,16,18,23-24H,5,10,12-13H2,1-4H3/t16-,18?/m0/s1. The summed E-state index contributed by atoms with van der Waals surface area (Å²) in [5.41, 5.74) is 3.07. The van der Waals surface area contributed by atoms with E-state index in [9.17, 15) is 10.2 Å². The Morgan fingerprint density at radius 1 is 1.17 bits per heavy atom. The van der Waals surface area contributed by atoms with Gasteiger partial charge in [0.2, 0.25) is 0 Å². The smallest absolute Gasteiger partial charge is 0.136 e. The van der Waals surface area contributed by atoms with E-state index in [0.29, 0.717) is 6.54 Å². The van der Waals surface area contributed by atoms with Crippen LogP contribution in [0.1, 0.15) is 43.3 Å². The Labute approximate surface area is 144 Å². The maximum absolute atomic E-state index is 10.5. The maximum Gasteiger partial charge on any atom is 0.136 e. The number of aliphatic hydroxyl groups excluding tert-OH is 2. The fourth-order valence-corrected chi connectivity index (χ4v) is 2.98. The molecule has 2 heterocycles. The Balaban J connectivity index is 2.12. The SMILES string of the molecule is CCCN(CC(O)c1ccc(-n2c(C)ccc2C)nc1)[C@@H](C)CO. The molecule has 2 aromatic rings. The van der Waals surface area contributed by atoms with E-state index in [1.54, 1.807) is 6.20 Å². The third kappa shape index (κ3) is 4.23. The second-order valence-corrected chi connectivity index (χ2v) is 6.44. The molecular weight excluding hydrogens is 302 g/mol. The van der Waals surface area contributed by atoms with Crippen LogP contribution in [0, 0.1) is 13.8 Å². The highest BCUT2D eigenvalue weighted by Gasteiger charge is 2.18. The molecule has 5 nitrogen and oxygen atoms in total. The van der Waals surface area contributed by atoms with Gasteiger partial charge in [0.05, 0.1) is 12.7 Å². The van der Waals surface area contributed by atoms with Gasteiger partial charge in [-0.1, -0.05) is 13.0 Å². The summed E-state index contributed by atoms with van der Waals surface area (Å²) < 4.78 is 2.09. The summed E-state index contributed by atoms with van der Waals surface area (Å²) in [7, 11) is 0. The van der Waals surface area contributed by atoms with Crippen LogP contribution in [0.3, 0.4) is 0 Å². The zero-order valence-electron chi connectivity index (χ0n) is 15.1. The maximum atomic E-state index is 10.5. The lowest BCUT2D eigenvalue weighted by Crippen LogP contribution is -2.39. The molecule has 0 radical (unpaired) electrons. The van der Waals surface area contributed by atoms with Gasteiger partial charge < -0.3 is 14.8 Å². The van der Waals surface area contributed by atoms with E-state index < -0.39 is 6.10 Å². The fraction of sp³-hybridized carbons (Fsp3) is 0.526. The Bertz CT molecular complexity index is 617. The highest BCUT2D eigenvalue weighted by atomic mass is 16.3. The number of aliphatic hydroxyl groups is 2. The van der Waals surface area contributed by atoms with E-state index in [-0.39, 0.29) is 12.6 Å². The first kappa shape index (κ1) is 18.6. The second-order valence-electron chi connectivity index (χ2n) is 6.44. The number of pyridine rings is 1. The van der Waals surface area contributed by atoms with Gasteiger partial charge >= 0.3 is 0 Å². The molecule has 2 aromatic heterocycles. The van der Waals surface area contributed by atoms with Crippen LogP contribution in [-0.2, 0) is 0 Å². The van der Waals surface area contributed by atoms with Gasteiger partial charge in [-0.2, -0.15) is 0 Å². The fourth-order valence-electron chi connectivity index (χ4n) is 2.98. The minimum Gasteiger partial charge on any atom is -0.395 e. The Morgan fingerprint density at radius 3 is 2.33 bits per heavy atom. The van der Waals surface area contributed by atoms with Gasteiger partial charge in [-0.05, 0) is 51.9 Å². The normalized spacial score (nSPS) is 14.1. The molecule has 0 spiro atoms. The minimum atomic E-state index is -0.612. The Kier molecular flexibility index (Phi) is 6.54. The van der Waals surface area contributed by atoms with Crippen molar-refractivity contribution in [3.63, 3.8) is 0 Å². The molecule has 0 aromatic carbocycles. The van der Waals surface area contributed by atoms with Crippen LogP contribution in [0.2, 0.25) is 0 Å². The summed E-state index contributed by atoms with van der Waals surface area (Å²) in [6.45, 7) is 9.62. The summed E-state index contributed by atoms with van der Waals surface area (Å²) in [5.74, 6) is 0.861. The average molecular weight is 331 g/mol. The lowest BCUT2D eigenvalue weighted by Gasteiger charge is -2.29. The quantitative estimate of drug-likeness (QED) is 0.780. The molecule has 0 saturated carbocycles. The van der Waals surface area contributed by atoms with Crippen LogP contribution < -0.4 is 0 Å². The molecule has 2 atom stereocenters. The Hall–Kier alpha value is -1.69. The van der Waals surface area contributed by atoms with Gasteiger partial charge in [0.15, 0.2) is 0 Å². The molecule has 0 aliphatic heterocycles. The van der Waals surface area contributed by atoms with Crippen LogP contribution in [0.25, 0.3) is 5.82 Å². The van der Waals surface area contributed by atoms with Gasteiger partial charge in [0, 0.05) is 35.7 Å². The molecule has 0 fully saturated rings. The molecule has 2 N–H and O–H groups in total. The van der Waals surface area contributed by atoms with Crippen molar-refractivity contribution in [1.29, 1.82) is 0 Å². The summed E-state index contributed by atoms with van der Waals surface area (Å²) in [4.78, 5) is 6.63. The number of hydrogen-bond donors (Lipinski definition) is 2. The number of rotatable bonds is 8. The lowest BCUT2D eigenvalue weighted by molar-refractivity contribution is 0.0684. The van der Waals surface area contributed by atoms with Crippen molar-refractivity contribution in [2.24, 2.45) is 0 Å². The van der Waals surface area contributed by atoms with Crippen molar-refractivity contribution >= 4 is 0 Å². The molecule has 0 aliphatic rings. The Morgan fingerprint density at radius 2 is 1.83 bits per heavy atom. The van der Waals surface area contributed by atoms with E-state index >= 15 is 0 Å².